The van der Waals surface area contributed by atoms with Gasteiger partial charge >= 0.3 is 37.8 Å². The van der Waals surface area contributed by atoms with Crippen LogP contribution in [0.2, 0.25) is 0 Å². The Kier molecular flexibility index (Phi) is 122. The Hall–Kier alpha value is -0.118. The average molecular weight is 549 g/mol. The van der Waals surface area contributed by atoms with Gasteiger partial charge in [0.15, 0.2) is 0 Å². The molecule has 0 aromatic carbocycles. The molecule has 0 rings (SSSR count). The molecule has 0 aliphatic heterocycles. The molecule has 0 radical (unpaired) electrons. The van der Waals surface area contributed by atoms with Crippen molar-refractivity contribution < 1.29 is 38.8 Å². The van der Waals surface area contributed by atoms with Crippen molar-refractivity contribution in [3.05, 3.63) is 27.7 Å². The van der Waals surface area contributed by atoms with E-state index >= 15 is 0 Å². The fourth-order valence-electron chi connectivity index (χ4n) is 0. The SMILES string of the molecule is Br[N]=[Pd].CC(=O)O.CC(=O)O.[CH2-]CCC.[CH2-]CCC.[CH2-]CCC.[CH2-]CCC. The molecule has 0 bridgehead atoms. The van der Waals surface area contributed by atoms with Crippen molar-refractivity contribution >= 4 is 28.1 Å². The summed E-state index contributed by atoms with van der Waals surface area (Å²) < 4.78 is 3.16. The molecule has 7 heteroatoms. The van der Waals surface area contributed by atoms with E-state index in [1.54, 1.807) is 0 Å². The fourth-order valence-corrected chi connectivity index (χ4v) is 0. The number of unbranched alkanes of at least 4 members (excludes halogenated alkanes) is 4. The molecule has 27 heavy (non-hydrogen) atoms. The molecule has 0 aromatic rings. The van der Waals surface area contributed by atoms with Crippen LogP contribution in [0.1, 0.15) is 92.9 Å². The monoisotopic (exact) mass is 547 g/mol. The van der Waals surface area contributed by atoms with Crippen molar-refractivity contribution in [3.8, 4) is 0 Å². The van der Waals surface area contributed by atoms with Crippen molar-refractivity contribution in [1.29, 1.82) is 0 Å². The third-order valence-corrected chi connectivity index (χ3v) is 1.41. The molecular weight excluding hydrogens is 505 g/mol. The Balaban J connectivity index is -0.0000000346. The largest absolute Gasteiger partial charge is 0.481 e. The van der Waals surface area contributed by atoms with E-state index in [2.05, 4.69) is 93.2 Å². The van der Waals surface area contributed by atoms with Crippen LogP contribution in [0.5, 0.6) is 0 Å². The topological polar surface area (TPSA) is 87.0 Å². The molecule has 0 aliphatic carbocycles. The molecule has 0 aliphatic rings. The summed E-state index contributed by atoms with van der Waals surface area (Å²) in [5.41, 5.74) is 0. The quantitative estimate of drug-likeness (QED) is 0.278. The second-order valence-corrected chi connectivity index (χ2v) is 6.10. The second-order valence-electron chi connectivity index (χ2n) is 4.51. The first-order valence-electron chi connectivity index (χ1n) is 8.99. The molecule has 174 valence electrons. The zero-order valence-electron chi connectivity index (χ0n) is 18.3. The van der Waals surface area contributed by atoms with Crippen LogP contribution < -0.4 is 0 Å². The Morgan fingerprint density at radius 1 is 0.741 bits per heavy atom. The van der Waals surface area contributed by atoms with Gasteiger partial charge in [0, 0.05) is 13.8 Å². The zero-order valence-corrected chi connectivity index (χ0v) is 21.5. The summed E-state index contributed by atoms with van der Waals surface area (Å²) >= 11 is 5.19. The number of hydrogen-bond acceptors (Lipinski definition) is 3. The van der Waals surface area contributed by atoms with Crippen LogP contribution in [0.15, 0.2) is 2.60 Å². The molecule has 0 unspecified atom stereocenters. The molecule has 0 saturated carbocycles. The third kappa shape index (κ3) is 979. The van der Waals surface area contributed by atoms with Crippen LogP contribution in [-0.2, 0) is 28.6 Å². The van der Waals surface area contributed by atoms with Gasteiger partial charge in [0.25, 0.3) is 11.9 Å². The van der Waals surface area contributed by atoms with E-state index in [1.807, 2.05) is 0 Å². The first-order chi connectivity index (χ1) is 12.5. The normalized spacial score (nSPS) is 6.85. The Morgan fingerprint density at radius 3 is 0.778 bits per heavy atom. The average Bonchev–Trinajstić information content (AvgIpc) is 2.61. The summed E-state index contributed by atoms with van der Waals surface area (Å²) in [6, 6.07) is 0. The molecule has 0 aromatic heterocycles. The Bertz CT molecular complexity index is 188. The molecule has 5 nitrogen and oxygen atoms in total. The van der Waals surface area contributed by atoms with Gasteiger partial charge < -0.3 is 37.9 Å². The van der Waals surface area contributed by atoms with Crippen molar-refractivity contribution in [2.45, 2.75) is 92.9 Å². The van der Waals surface area contributed by atoms with Crippen molar-refractivity contribution in [2.75, 3.05) is 0 Å². The predicted molar refractivity (Wildman–Crippen MR) is 119 cm³/mol. The molecule has 2 N–H and O–H groups in total. The van der Waals surface area contributed by atoms with Crippen LogP contribution in [0.25, 0.3) is 0 Å². The van der Waals surface area contributed by atoms with Gasteiger partial charge in [-0.05, 0) is 0 Å². The van der Waals surface area contributed by atoms with Gasteiger partial charge in [-0.2, -0.15) is 25.7 Å². The van der Waals surface area contributed by atoms with Crippen molar-refractivity contribution in [3.63, 3.8) is 0 Å². The summed E-state index contributed by atoms with van der Waals surface area (Å²) in [5, 5.41) is 14.8. The van der Waals surface area contributed by atoms with E-state index < -0.39 is 11.9 Å². The predicted octanol–water partition coefficient (Wildman–Crippen LogP) is 7.69. The summed E-state index contributed by atoms with van der Waals surface area (Å²) in [5.74, 6) is -1.67. The molecule has 0 heterocycles. The van der Waals surface area contributed by atoms with Crippen LogP contribution in [0.4, 0.5) is 0 Å². The molecular formula is C20H44BrNO4Pd-4. The first-order valence-corrected chi connectivity index (χ1v) is 10.4. The molecule has 0 saturated heterocycles. The van der Waals surface area contributed by atoms with E-state index in [0.717, 1.165) is 39.5 Å². The van der Waals surface area contributed by atoms with E-state index in [9.17, 15) is 0 Å². The number of hydrogen-bond donors (Lipinski definition) is 2. The molecule has 0 spiro atoms. The fraction of sp³-hybridized carbons (Fsp3) is 0.700. The van der Waals surface area contributed by atoms with Gasteiger partial charge in [-0.15, -0.1) is 0 Å². The van der Waals surface area contributed by atoms with Gasteiger partial charge in [0.2, 0.25) is 0 Å². The molecule has 0 fully saturated rings. The maximum Gasteiger partial charge on any atom is 0.300 e. The van der Waals surface area contributed by atoms with Gasteiger partial charge in [-0.3, -0.25) is 9.59 Å². The number of aliphatic carboxylic acids is 2. The smallest absolute Gasteiger partial charge is 0.300 e. The number of halogens is 1. The molecule has 0 atom stereocenters. The second kappa shape index (κ2) is 72.4. The Labute approximate surface area is 189 Å². The number of carbonyl (C=O) groups is 2. The van der Waals surface area contributed by atoms with Crippen LogP contribution in [-0.4, -0.2) is 22.2 Å². The van der Waals surface area contributed by atoms with E-state index in [4.69, 9.17) is 19.8 Å². The van der Waals surface area contributed by atoms with Crippen LogP contribution in [0.3, 0.4) is 0 Å². The summed E-state index contributed by atoms with van der Waals surface area (Å²) in [6.07, 6.45) is 9.11. The number of carboxylic acids is 2. The third-order valence-electron chi connectivity index (χ3n) is 1.41. The maximum atomic E-state index is 9.00. The van der Waals surface area contributed by atoms with Gasteiger partial charge in [-0.25, -0.2) is 0 Å². The van der Waals surface area contributed by atoms with E-state index in [-0.39, 0.29) is 0 Å². The van der Waals surface area contributed by atoms with Crippen LogP contribution in [0, 0.1) is 27.7 Å². The minimum absolute atomic E-state index is 0.833. The van der Waals surface area contributed by atoms with Crippen molar-refractivity contribution in [2.24, 2.45) is 2.60 Å². The van der Waals surface area contributed by atoms with Crippen LogP contribution >= 0.6 is 16.1 Å². The van der Waals surface area contributed by atoms with Gasteiger partial charge in [-0.1, -0.05) is 53.4 Å². The summed E-state index contributed by atoms with van der Waals surface area (Å²) in [7, 11) is 0. The van der Waals surface area contributed by atoms with E-state index in [1.165, 1.54) is 25.7 Å². The molecule has 0 amide bonds. The minimum Gasteiger partial charge on any atom is -0.481 e. The van der Waals surface area contributed by atoms with Gasteiger partial charge in [0.1, 0.15) is 0 Å². The number of carboxylic acid groups (broad SMARTS) is 2. The standard InChI is InChI=1S/4C4H9.2C2H4O2.BrN.Pd/c4*1-3-4-2;2*1-2(3)4;1-2;/h4*1,3-4H2,2H3;2*1H3,(H,3,4);;/q4*-1;;;;. The van der Waals surface area contributed by atoms with E-state index in [0.29, 0.717) is 0 Å². The Morgan fingerprint density at radius 2 is 0.778 bits per heavy atom. The maximum absolute atomic E-state index is 9.00. The van der Waals surface area contributed by atoms with Crippen molar-refractivity contribution in [1.82, 2.24) is 0 Å². The minimum atomic E-state index is -0.833. The zero-order chi connectivity index (χ0) is 23.5. The van der Waals surface area contributed by atoms with Gasteiger partial charge in [0.05, 0.1) is 0 Å². The summed E-state index contributed by atoms with van der Waals surface area (Å²) in [6.45, 7) is 25.1. The number of rotatable bonds is 4. The first kappa shape index (κ1) is 45.6. The summed E-state index contributed by atoms with van der Waals surface area (Å²) in [4.78, 5) is 18.0. The number of nitrogens with zero attached hydrogens (tertiary/aromatic N) is 1.